The van der Waals surface area contributed by atoms with Crippen LogP contribution in [0.1, 0.15) is 55.7 Å². The quantitative estimate of drug-likeness (QED) is 0.732. The highest BCUT2D eigenvalue weighted by Gasteiger charge is 2.35. The van der Waals surface area contributed by atoms with Crippen molar-refractivity contribution in [3.8, 4) is 5.75 Å². The maximum atomic E-state index is 5.28. The average molecular weight is 380 g/mol. The fourth-order valence-electron chi connectivity index (χ4n) is 4.55. The van der Waals surface area contributed by atoms with E-state index >= 15 is 0 Å². The Morgan fingerprint density at radius 2 is 1.93 bits per heavy atom. The molecular weight excluding hydrogens is 352 g/mol. The molecule has 3 N–H and O–H groups in total. The zero-order chi connectivity index (χ0) is 18.9. The Balaban J connectivity index is 1.41. The van der Waals surface area contributed by atoms with Gasteiger partial charge in [0.05, 0.1) is 18.7 Å². The molecule has 1 aromatic carbocycles. The van der Waals surface area contributed by atoms with Gasteiger partial charge in [-0.15, -0.1) is 0 Å². The Bertz CT molecular complexity index is 834. The van der Waals surface area contributed by atoms with Crippen LogP contribution < -0.4 is 25.8 Å². The Hall–Kier alpha value is -2.54. The predicted octanol–water partition coefficient (Wildman–Crippen LogP) is 3.61. The van der Waals surface area contributed by atoms with Gasteiger partial charge >= 0.3 is 0 Å². The second kappa shape index (κ2) is 7.47. The molecule has 2 aromatic rings. The molecule has 28 heavy (non-hydrogen) atoms. The molecule has 0 amide bonds. The summed E-state index contributed by atoms with van der Waals surface area (Å²) in [4.78, 5) is 12.1. The number of hydrogen-bond donors (Lipinski definition) is 3. The highest BCUT2D eigenvalue weighted by molar-refractivity contribution is 5.67. The first-order valence-corrected chi connectivity index (χ1v) is 10.4. The third-order valence-electron chi connectivity index (χ3n) is 6.10. The minimum absolute atomic E-state index is 0.292. The Kier molecular flexibility index (Phi) is 4.68. The van der Waals surface area contributed by atoms with Crippen molar-refractivity contribution in [2.45, 2.75) is 57.2 Å². The number of rotatable bonds is 5. The molecule has 1 saturated carbocycles. The van der Waals surface area contributed by atoms with Crippen LogP contribution in [0.25, 0.3) is 0 Å². The molecule has 1 unspecified atom stereocenters. The lowest BCUT2D eigenvalue weighted by molar-refractivity contribution is 0.414. The first-order chi connectivity index (χ1) is 13.8. The zero-order valence-corrected chi connectivity index (χ0v) is 16.4. The molecule has 0 bridgehead atoms. The molecule has 1 atom stereocenters. The molecule has 148 valence electrons. The van der Waals surface area contributed by atoms with Gasteiger partial charge in [0.1, 0.15) is 11.6 Å². The SMILES string of the molecule is COc1ccc(CN2CCC3NNc4nc(NC5CCCCC5)nc2c43)cc1. The van der Waals surface area contributed by atoms with Crippen LogP contribution in [0.2, 0.25) is 0 Å². The zero-order valence-electron chi connectivity index (χ0n) is 16.4. The average Bonchev–Trinajstić information content (AvgIpc) is 3.15. The van der Waals surface area contributed by atoms with E-state index in [1.807, 2.05) is 12.1 Å². The molecule has 3 heterocycles. The molecule has 3 aliphatic rings. The molecule has 5 rings (SSSR count). The Labute approximate surface area is 165 Å². The highest BCUT2D eigenvalue weighted by Crippen LogP contribution is 2.41. The summed E-state index contributed by atoms with van der Waals surface area (Å²) < 4.78 is 5.28. The van der Waals surface area contributed by atoms with Crippen LogP contribution in [-0.4, -0.2) is 29.7 Å². The van der Waals surface area contributed by atoms with Crippen molar-refractivity contribution in [2.24, 2.45) is 0 Å². The third kappa shape index (κ3) is 3.35. The number of nitrogens with one attached hydrogen (secondary N) is 3. The number of aromatic nitrogens is 2. The first-order valence-electron chi connectivity index (χ1n) is 10.4. The number of hydrazine groups is 1. The van der Waals surface area contributed by atoms with Gasteiger partial charge in [0.2, 0.25) is 5.95 Å². The van der Waals surface area contributed by atoms with Crippen molar-refractivity contribution in [3.05, 3.63) is 35.4 Å². The minimum atomic E-state index is 0.292. The van der Waals surface area contributed by atoms with Gasteiger partial charge in [0.15, 0.2) is 5.82 Å². The second-order valence-electron chi connectivity index (χ2n) is 7.99. The lowest BCUT2D eigenvalue weighted by Crippen LogP contribution is -2.34. The summed E-state index contributed by atoms with van der Waals surface area (Å²) in [5, 5.41) is 3.59. The van der Waals surface area contributed by atoms with Crippen molar-refractivity contribution in [1.82, 2.24) is 15.4 Å². The molecule has 0 radical (unpaired) electrons. The van der Waals surface area contributed by atoms with Gasteiger partial charge in [-0.25, -0.2) is 5.43 Å². The topological polar surface area (TPSA) is 74.3 Å². The predicted molar refractivity (Wildman–Crippen MR) is 111 cm³/mol. The van der Waals surface area contributed by atoms with E-state index in [0.29, 0.717) is 12.1 Å². The van der Waals surface area contributed by atoms with Crippen LogP contribution in [0.4, 0.5) is 17.6 Å². The van der Waals surface area contributed by atoms with Crippen LogP contribution in [0.3, 0.4) is 0 Å². The van der Waals surface area contributed by atoms with Crippen LogP contribution in [0.5, 0.6) is 5.75 Å². The lowest BCUT2D eigenvalue weighted by atomic mass is 9.96. The van der Waals surface area contributed by atoms with E-state index < -0.39 is 0 Å². The minimum Gasteiger partial charge on any atom is -0.497 e. The number of ether oxygens (including phenoxy) is 1. The molecule has 0 saturated heterocycles. The summed E-state index contributed by atoms with van der Waals surface area (Å²) in [6, 6.07) is 9.08. The van der Waals surface area contributed by atoms with Gasteiger partial charge in [0.25, 0.3) is 0 Å². The van der Waals surface area contributed by atoms with Crippen molar-refractivity contribution in [1.29, 1.82) is 0 Å². The van der Waals surface area contributed by atoms with E-state index in [1.165, 1.54) is 43.2 Å². The maximum Gasteiger partial charge on any atom is 0.226 e. The van der Waals surface area contributed by atoms with E-state index in [2.05, 4.69) is 33.2 Å². The van der Waals surface area contributed by atoms with Crippen LogP contribution in [0.15, 0.2) is 24.3 Å². The molecule has 1 aliphatic carbocycles. The fourth-order valence-corrected chi connectivity index (χ4v) is 4.55. The standard InChI is InChI=1S/C21H28N6O/c1-28-16-9-7-14(8-10-16)13-27-12-11-17-18-19(26-25-17)23-21(24-20(18)27)22-15-5-3-2-4-6-15/h7-10,15,17,25H,2-6,11-13H2,1H3,(H2,22,23,24,26). The Morgan fingerprint density at radius 1 is 1.11 bits per heavy atom. The fraction of sp³-hybridized carbons (Fsp3) is 0.524. The Morgan fingerprint density at radius 3 is 2.71 bits per heavy atom. The number of benzene rings is 1. The summed E-state index contributed by atoms with van der Waals surface area (Å²) in [5.41, 5.74) is 9.10. The van der Waals surface area contributed by atoms with E-state index in [1.54, 1.807) is 7.11 Å². The van der Waals surface area contributed by atoms with Gasteiger partial charge in [-0.3, -0.25) is 0 Å². The van der Waals surface area contributed by atoms with Crippen molar-refractivity contribution < 1.29 is 4.74 Å². The molecule has 0 spiro atoms. The van der Waals surface area contributed by atoms with Crippen LogP contribution in [-0.2, 0) is 6.54 Å². The molecule has 7 nitrogen and oxygen atoms in total. The van der Waals surface area contributed by atoms with Gasteiger partial charge in [-0.1, -0.05) is 31.4 Å². The van der Waals surface area contributed by atoms with Gasteiger partial charge in [-0.05, 0) is 37.0 Å². The summed E-state index contributed by atoms with van der Waals surface area (Å²) >= 11 is 0. The normalized spacial score (nSPS) is 21.2. The van der Waals surface area contributed by atoms with E-state index in [4.69, 9.17) is 14.7 Å². The maximum absolute atomic E-state index is 5.28. The highest BCUT2D eigenvalue weighted by atomic mass is 16.5. The first kappa shape index (κ1) is 17.6. The molecule has 7 heteroatoms. The molecule has 2 aliphatic heterocycles. The third-order valence-corrected chi connectivity index (χ3v) is 6.10. The molecule has 1 aromatic heterocycles. The summed E-state index contributed by atoms with van der Waals surface area (Å²) in [5.74, 6) is 3.61. The summed E-state index contributed by atoms with van der Waals surface area (Å²) in [6.07, 6.45) is 7.39. The molecule has 1 fully saturated rings. The van der Waals surface area contributed by atoms with Crippen LogP contribution in [0, 0.1) is 0 Å². The number of nitrogens with zero attached hydrogens (tertiary/aromatic N) is 3. The van der Waals surface area contributed by atoms with Gasteiger partial charge < -0.3 is 20.4 Å². The second-order valence-corrected chi connectivity index (χ2v) is 7.99. The van der Waals surface area contributed by atoms with Crippen molar-refractivity contribution >= 4 is 17.6 Å². The van der Waals surface area contributed by atoms with Crippen molar-refractivity contribution in [3.63, 3.8) is 0 Å². The monoisotopic (exact) mass is 380 g/mol. The summed E-state index contributed by atoms with van der Waals surface area (Å²) in [7, 11) is 1.70. The smallest absolute Gasteiger partial charge is 0.226 e. The largest absolute Gasteiger partial charge is 0.497 e. The number of methoxy groups -OCH3 is 1. The van der Waals surface area contributed by atoms with Gasteiger partial charge in [-0.2, -0.15) is 9.97 Å². The van der Waals surface area contributed by atoms with Crippen molar-refractivity contribution in [2.75, 3.05) is 29.3 Å². The van der Waals surface area contributed by atoms with E-state index in [0.717, 1.165) is 42.8 Å². The molecular formula is C21H28N6O. The number of hydrogen-bond acceptors (Lipinski definition) is 7. The number of anilines is 3. The van der Waals surface area contributed by atoms with E-state index in [-0.39, 0.29) is 0 Å². The lowest BCUT2D eigenvalue weighted by Gasteiger charge is -2.32. The van der Waals surface area contributed by atoms with Gasteiger partial charge in [0, 0.05) is 19.1 Å². The summed E-state index contributed by atoms with van der Waals surface area (Å²) in [6.45, 7) is 1.81. The van der Waals surface area contributed by atoms with E-state index in [9.17, 15) is 0 Å². The van der Waals surface area contributed by atoms with Crippen LogP contribution >= 0.6 is 0 Å².